The lowest BCUT2D eigenvalue weighted by Crippen LogP contribution is -2.10. The second-order valence-electron chi connectivity index (χ2n) is 3.06. The number of nitrogens with two attached hydrogens (primary N) is 1. The van der Waals surface area contributed by atoms with Crippen molar-refractivity contribution in [2.24, 2.45) is 5.73 Å². The molecule has 0 aliphatic heterocycles. The van der Waals surface area contributed by atoms with Gasteiger partial charge in [0, 0.05) is 12.6 Å². The molecule has 1 amide bonds. The van der Waals surface area contributed by atoms with Crippen molar-refractivity contribution in [1.82, 2.24) is 0 Å². The van der Waals surface area contributed by atoms with Crippen molar-refractivity contribution in [3.05, 3.63) is 23.8 Å². The van der Waals surface area contributed by atoms with Gasteiger partial charge >= 0.3 is 0 Å². The van der Waals surface area contributed by atoms with Crippen molar-refractivity contribution in [2.45, 2.75) is 13.3 Å². The predicted molar refractivity (Wildman–Crippen MR) is 55.2 cm³/mol. The number of amides is 1. The van der Waals surface area contributed by atoms with E-state index in [0.29, 0.717) is 18.7 Å². The van der Waals surface area contributed by atoms with Gasteiger partial charge in [-0.3, -0.25) is 4.79 Å². The van der Waals surface area contributed by atoms with Crippen LogP contribution >= 0.6 is 0 Å². The van der Waals surface area contributed by atoms with E-state index in [-0.39, 0.29) is 11.7 Å². The van der Waals surface area contributed by atoms with E-state index in [0.717, 1.165) is 5.56 Å². The maximum Gasteiger partial charge on any atom is 0.221 e. The molecule has 1 rings (SSSR count). The third kappa shape index (κ3) is 2.74. The van der Waals surface area contributed by atoms with Crippen LogP contribution in [0.2, 0.25) is 0 Å². The van der Waals surface area contributed by atoms with E-state index in [9.17, 15) is 9.90 Å². The summed E-state index contributed by atoms with van der Waals surface area (Å²) in [5.41, 5.74) is 6.97. The third-order valence-electron chi connectivity index (χ3n) is 1.81. The Kier molecular flexibility index (Phi) is 3.48. The SMILES string of the molecule is CC(=O)Nc1ccc(O)cc1CCN. The summed E-state index contributed by atoms with van der Waals surface area (Å²) in [4.78, 5) is 10.8. The van der Waals surface area contributed by atoms with Crippen LogP contribution in [0.15, 0.2) is 18.2 Å². The minimum atomic E-state index is -0.131. The summed E-state index contributed by atoms with van der Waals surface area (Å²) < 4.78 is 0. The van der Waals surface area contributed by atoms with Crippen LogP contribution in [-0.4, -0.2) is 17.6 Å². The number of anilines is 1. The molecule has 76 valence electrons. The molecule has 0 unspecified atom stereocenters. The first-order valence-corrected chi connectivity index (χ1v) is 4.43. The second-order valence-corrected chi connectivity index (χ2v) is 3.06. The Hall–Kier alpha value is -1.55. The van der Waals surface area contributed by atoms with E-state index in [4.69, 9.17) is 5.73 Å². The van der Waals surface area contributed by atoms with E-state index < -0.39 is 0 Å². The van der Waals surface area contributed by atoms with Gasteiger partial charge < -0.3 is 16.2 Å². The summed E-state index contributed by atoms with van der Waals surface area (Å²) in [6, 6.07) is 4.81. The zero-order valence-corrected chi connectivity index (χ0v) is 8.08. The summed E-state index contributed by atoms with van der Waals surface area (Å²) >= 11 is 0. The zero-order valence-electron chi connectivity index (χ0n) is 8.08. The van der Waals surface area contributed by atoms with Gasteiger partial charge in [0.1, 0.15) is 5.75 Å². The largest absolute Gasteiger partial charge is 0.508 e. The number of nitrogens with one attached hydrogen (secondary N) is 1. The summed E-state index contributed by atoms with van der Waals surface area (Å²) in [6.45, 7) is 1.93. The number of phenolic OH excluding ortho intramolecular Hbond substituents is 1. The Balaban J connectivity index is 2.95. The summed E-state index contributed by atoms with van der Waals surface area (Å²) in [5, 5.41) is 11.9. The van der Waals surface area contributed by atoms with Gasteiger partial charge in [0.2, 0.25) is 5.91 Å². The number of carbonyl (C=O) groups excluding carboxylic acids is 1. The first-order valence-electron chi connectivity index (χ1n) is 4.43. The normalized spacial score (nSPS) is 9.86. The highest BCUT2D eigenvalue weighted by atomic mass is 16.3. The van der Waals surface area contributed by atoms with Crippen LogP contribution in [0.25, 0.3) is 0 Å². The number of hydrogen-bond donors (Lipinski definition) is 3. The van der Waals surface area contributed by atoms with Crippen molar-refractivity contribution in [3.63, 3.8) is 0 Å². The molecule has 0 fully saturated rings. The van der Waals surface area contributed by atoms with Crippen LogP contribution in [0.4, 0.5) is 5.69 Å². The van der Waals surface area contributed by atoms with E-state index >= 15 is 0 Å². The first-order chi connectivity index (χ1) is 6.63. The summed E-state index contributed by atoms with van der Waals surface area (Å²) in [6.07, 6.45) is 0.629. The topological polar surface area (TPSA) is 75.3 Å². The van der Waals surface area contributed by atoms with Crippen LogP contribution in [-0.2, 0) is 11.2 Å². The Bertz CT molecular complexity index is 337. The van der Waals surface area contributed by atoms with E-state index in [1.54, 1.807) is 12.1 Å². The average Bonchev–Trinajstić information content (AvgIpc) is 2.09. The van der Waals surface area contributed by atoms with Gasteiger partial charge in [0.05, 0.1) is 0 Å². The molecule has 0 aromatic heterocycles. The fourth-order valence-corrected chi connectivity index (χ4v) is 1.25. The molecule has 0 saturated carbocycles. The van der Waals surface area contributed by atoms with Crippen molar-refractivity contribution in [2.75, 3.05) is 11.9 Å². The molecule has 14 heavy (non-hydrogen) atoms. The molecule has 0 aliphatic rings. The van der Waals surface area contributed by atoms with E-state index in [2.05, 4.69) is 5.32 Å². The van der Waals surface area contributed by atoms with Crippen molar-refractivity contribution >= 4 is 11.6 Å². The summed E-state index contributed by atoms with van der Waals surface area (Å²) in [5.74, 6) is 0.0523. The number of aromatic hydroxyl groups is 1. The molecular formula is C10H14N2O2. The molecule has 0 radical (unpaired) electrons. The fraction of sp³-hybridized carbons (Fsp3) is 0.300. The molecule has 0 saturated heterocycles. The van der Waals surface area contributed by atoms with Gasteiger partial charge in [-0.2, -0.15) is 0 Å². The van der Waals surface area contributed by atoms with Crippen LogP contribution in [0.5, 0.6) is 5.75 Å². The van der Waals surface area contributed by atoms with Gasteiger partial charge in [-0.15, -0.1) is 0 Å². The smallest absolute Gasteiger partial charge is 0.221 e. The maximum absolute atomic E-state index is 10.8. The van der Waals surface area contributed by atoms with Gasteiger partial charge in [0.25, 0.3) is 0 Å². The molecule has 0 heterocycles. The Morgan fingerprint density at radius 3 is 2.86 bits per heavy atom. The maximum atomic E-state index is 10.8. The minimum Gasteiger partial charge on any atom is -0.508 e. The molecule has 4 nitrogen and oxygen atoms in total. The van der Waals surface area contributed by atoms with Crippen LogP contribution in [0, 0.1) is 0 Å². The van der Waals surface area contributed by atoms with Gasteiger partial charge in [-0.1, -0.05) is 0 Å². The molecule has 0 bridgehead atoms. The highest BCUT2D eigenvalue weighted by Crippen LogP contribution is 2.21. The number of carbonyl (C=O) groups is 1. The molecule has 0 atom stereocenters. The lowest BCUT2D eigenvalue weighted by atomic mass is 10.1. The number of hydrogen-bond acceptors (Lipinski definition) is 3. The molecule has 1 aromatic carbocycles. The lowest BCUT2D eigenvalue weighted by Gasteiger charge is -2.09. The molecule has 4 N–H and O–H groups in total. The number of phenols is 1. The highest BCUT2D eigenvalue weighted by Gasteiger charge is 2.04. The second kappa shape index (κ2) is 4.62. The van der Waals surface area contributed by atoms with Gasteiger partial charge in [-0.05, 0) is 36.7 Å². The molecule has 0 spiro atoms. The van der Waals surface area contributed by atoms with Crippen molar-refractivity contribution in [1.29, 1.82) is 0 Å². The van der Waals surface area contributed by atoms with Gasteiger partial charge in [-0.25, -0.2) is 0 Å². The van der Waals surface area contributed by atoms with Crippen LogP contribution < -0.4 is 11.1 Å². The van der Waals surface area contributed by atoms with E-state index in [1.165, 1.54) is 13.0 Å². The molecular weight excluding hydrogens is 180 g/mol. The van der Waals surface area contributed by atoms with Crippen LogP contribution in [0.1, 0.15) is 12.5 Å². The van der Waals surface area contributed by atoms with E-state index in [1.807, 2.05) is 0 Å². The molecule has 4 heteroatoms. The fourth-order valence-electron chi connectivity index (χ4n) is 1.25. The van der Waals surface area contributed by atoms with Crippen molar-refractivity contribution < 1.29 is 9.90 Å². The third-order valence-corrected chi connectivity index (χ3v) is 1.81. The van der Waals surface area contributed by atoms with Gasteiger partial charge in [0.15, 0.2) is 0 Å². The van der Waals surface area contributed by atoms with Crippen molar-refractivity contribution in [3.8, 4) is 5.75 Å². The lowest BCUT2D eigenvalue weighted by molar-refractivity contribution is -0.114. The standard InChI is InChI=1S/C10H14N2O2/c1-7(13)12-10-3-2-9(14)6-8(10)4-5-11/h2-3,6,14H,4-5,11H2,1H3,(H,12,13). The van der Waals surface area contributed by atoms with Crippen LogP contribution in [0.3, 0.4) is 0 Å². The Labute approximate surface area is 82.7 Å². The summed E-state index contributed by atoms with van der Waals surface area (Å²) in [7, 11) is 0. The Morgan fingerprint density at radius 1 is 1.57 bits per heavy atom. The predicted octanol–water partition coefficient (Wildman–Crippen LogP) is 0.852. The highest BCUT2D eigenvalue weighted by molar-refractivity contribution is 5.89. The average molecular weight is 194 g/mol. The zero-order chi connectivity index (χ0) is 10.6. The molecule has 1 aromatic rings. The molecule has 0 aliphatic carbocycles. The monoisotopic (exact) mass is 194 g/mol. The quantitative estimate of drug-likeness (QED) is 0.624. The first kappa shape index (κ1) is 10.5. The number of rotatable bonds is 3. The Morgan fingerprint density at radius 2 is 2.29 bits per heavy atom. The minimum absolute atomic E-state index is 0.131. The number of benzene rings is 1.